The Bertz CT molecular complexity index is 461. The smallest absolute Gasteiger partial charge is 0.389 e. The highest BCUT2D eigenvalue weighted by Gasteiger charge is 2.31. The Morgan fingerprint density at radius 3 is 2.48 bits per heavy atom. The zero-order valence-electron chi connectivity index (χ0n) is 11.9. The predicted molar refractivity (Wildman–Crippen MR) is 70.2 cm³/mol. The summed E-state index contributed by atoms with van der Waals surface area (Å²) in [5, 5.41) is 12.8. The fourth-order valence-corrected chi connectivity index (χ4v) is 1.80. The first kappa shape index (κ1) is 17.9. The Morgan fingerprint density at radius 2 is 1.90 bits per heavy atom. The van der Waals surface area contributed by atoms with Crippen molar-refractivity contribution >= 4 is 0 Å². The third-order valence-electron chi connectivity index (χ3n) is 2.96. The molecule has 1 aromatic rings. The molecule has 3 nitrogen and oxygen atoms in total. The van der Waals surface area contributed by atoms with E-state index in [-0.39, 0.29) is 18.7 Å². The van der Waals surface area contributed by atoms with E-state index in [0.29, 0.717) is 19.1 Å². The summed E-state index contributed by atoms with van der Waals surface area (Å²) >= 11 is 0. The van der Waals surface area contributed by atoms with E-state index in [1.807, 2.05) is 0 Å². The molecule has 0 saturated carbocycles. The highest BCUT2D eigenvalue weighted by molar-refractivity contribution is 5.26. The average molecular weight is 309 g/mol. The van der Waals surface area contributed by atoms with Gasteiger partial charge in [-0.25, -0.2) is 4.39 Å². The third-order valence-corrected chi connectivity index (χ3v) is 2.96. The fourth-order valence-electron chi connectivity index (χ4n) is 1.80. The fraction of sp³-hybridized carbons (Fsp3) is 0.571. The van der Waals surface area contributed by atoms with Gasteiger partial charge in [0.05, 0.1) is 11.2 Å². The second-order valence-electron chi connectivity index (χ2n) is 5.19. The minimum Gasteiger partial charge on any atom is -0.389 e. The number of aliphatic hydroxyl groups is 1. The summed E-state index contributed by atoms with van der Waals surface area (Å²) in [7, 11) is 1.51. The lowest BCUT2D eigenvalue weighted by molar-refractivity contribution is -0.137. The maximum atomic E-state index is 13.2. The van der Waals surface area contributed by atoms with Crippen LogP contribution in [0.4, 0.5) is 17.6 Å². The monoisotopic (exact) mass is 309 g/mol. The highest BCUT2D eigenvalue weighted by Crippen LogP contribution is 2.30. The van der Waals surface area contributed by atoms with E-state index in [9.17, 15) is 22.7 Å². The van der Waals surface area contributed by atoms with Crippen LogP contribution in [0.15, 0.2) is 18.2 Å². The van der Waals surface area contributed by atoms with Crippen molar-refractivity contribution in [2.75, 3.05) is 20.3 Å². The zero-order chi connectivity index (χ0) is 16.1. The molecule has 0 heterocycles. The molecule has 1 rings (SSSR count). The first-order valence-corrected chi connectivity index (χ1v) is 6.43. The first-order valence-electron chi connectivity index (χ1n) is 6.43. The number of benzene rings is 1. The van der Waals surface area contributed by atoms with Crippen LogP contribution >= 0.6 is 0 Å². The second-order valence-corrected chi connectivity index (χ2v) is 5.19. The molecule has 1 unspecified atom stereocenters. The Kier molecular flexibility index (Phi) is 6.12. The average Bonchev–Trinajstić information content (AvgIpc) is 2.34. The number of nitrogens with one attached hydrogen (secondary N) is 1. The van der Waals surface area contributed by atoms with Crippen molar-refractivity contribution in [1.82, 2.24) is 5.32 Å². The molecular weight excluding hydrogens is 290 g/mol. The number of rotatable bonds is 7. The third kappa shape index (κ3) is 6.41. The maximum Gasteiger partial charge on any atom is 0.416 e. The van der Waals surface area contributed by atoms with Crippen LogP contribution in [-0.4, -0.2) is 31.0 Å². The molecule has 120 valence electrons. The van der Waals surface area contributed by atoms with Gasteiger partial charge >= 0.3 is 6.18 Å². The van der Waals surface area contributed by atoms with E-state index in [0.717, 1.165) is 12.1 Å². The van der Waals surface area contributed by atoms with Gasteiger partial charge in [-0.2, -0.15) is 13.2 Å². The van der Waals surface area contributed by atoms with E-state index < -0.39 is 23.2 Å². The van der Waals surface area contributed by atoms with E-state index in [1.54, 1.807) is 6.92 Å². The van der Waals surface area contributed by atoms with Gasteiger partial charge in [-0.05, 0) is 30.7 Å². The van der Waals surface area contributed by atoms with Crippen molar-refractivity contribution in [2.24, 2.45) is 0 Å². The van der Waals surface area contributed by atoms with E-state index in [1.165, 1.54) is 7.11 Å². The maximum absolute atomic E-state index is 13.2. The van der Waals surface area contributed by atoms with Crippen LogP contribution in [0.3, 0.4) is 0 Å². The SMILES string of the molecule is COCCC(C)(O)CNCc1cc(F)cc(C(F)(F)F)c1. The van der Waals surface area contributed by atoms with Crippen molar-refractivity contribution in [1.29, 1.82) is 0 Å². The normalized spacial score (nSPS) is 15.0. The topological polar surface area (TPSA) is 41.5 Å². The largest absolute Gasteiger partial charge is 0.416 e. The number of alkyl halides is 3. The van der Waals surface area contributed by atoms with Gasteiger partial charge in [-0.1, -0.05) is 0 Å². The summed E-state index contributed by atoms with van der Waals surface area (Å²) in [6, 6.07) is 2.38. The van der Waals surface area contributed by atoms with Gasteiger partial charge in [0, 0.05) is 33.2 Å². The van der Waals surface area contributed by atoms with Crippen LogP contribution < -0.4 is 5.32 Å². The number of hydrogen-bond acceptors (Lipinski definition) is 3. The van der Waals surface area contributed by atoms with Crippen LogP contribution in [-0.2, 0) is 17.5 Å². The number of methoxy groups -OCH3 is 1. The molecule has 2 N–H and O–H groups in total. The lowest BCUT2D eigenvalue weighted by atomic mass is 10.0. The molecule has 0 radical (unpaired) electrons. The quantitative estimate of drug-likeness (QED) is 0.761. The lowest BCUT2D eigenvalue weighted by Gasteiger charge is -2.23. The van der Waals surface area contributed by atoms with Gasteiger partial charge in [-0.15, -0.1) is 0 Å². The van der Waals surface area contributed by atoms with Gasteiger partial charge in [0.1, 0.15) is 5.82 Å². The number of ether oxygens (including phenoxy) is 1. The van der Waals surface area contributed by atoms with Gasteiger partial charge in [0.25, 0.3) is 0 Å². The molecular formula is C14H19F4NO2. The van der Waals surface area contributed by atoms with E-state index in [4.69, 9.17) is 4.74 Å². The molecule has 1 atom stereocenters. The van der Waals surface area contributed by atoms with Gasteiger partial charge < -0.3 is 15.2 Å². The summed E-state index contributed by atoms with van der Waals surface area (Å²) in [6.07, 6.45) is -4.20. The van der Waals surface area contributed by atoms with Crippen LogP contribution in [0.5, 0.6) is 0 Å². The standard InChI is InChI=1S/C14H19F4NO2/c1-13(20,3-4-21-2)9-19-8-10-5-11(14(16,17)18)7-12(15)6-10/h5-7,19-20H,3-4,8-9H2,1-2H3. The molecule has 0 bridgehead atoms. The Morgan fingerprint density at radius 1 is 1.24 bits per heavy atom. The molecule has 0 aliphatic rings. The van der Waals surface area contributed by atoms with Crippen LogP contribution in [0.2, 0.25) is 0 Å². The molecule has 0 spiro atoms. The van der Waals surface area contributed by atoms with Crippen LogP contribution in [0, 0.1) is 5.82 Å². The Labute approximate surface area is 120 Å². The molecule has 0 aliphatic heterocycles. The number of halogens is 4. The van der Waals surface area contributed by atoms with Gasteiger partial charge in [0.15, 0.2) is 0 Å². The van der Waals surface area contributed by atoms with Crippen LogP contribution in [0.25, 0.3) is 0 Å². The molecule has 1 aromatic carbocycles. The highest BCUT2D eigenvalue weighted by atomic mass is 19.4. The van der Waals surface area contributed by atoms with Crippen molar-refractivity contribution < 1.29 is 27.4 Å². The van der Waals surface area contributed by atoms with E-state index in [2.05, 4.69) is 5.32 Å². The van der Waals surface area contributed by atoms with Crippen molar-refractivity contribution in [2.45, 2.75) is 31.7 Å². The molecule has 0 saturated heterocycles. The first-order chi connectivity index (χ1) is 9.64. The number of hydrogen-bond donors (Lipinski definition) is 2. The molecule has 0 amide bonds. The summed E-state index contributed by atoms with van der Waals surface area (Å²) in [4.78, 5) is 0. The van der Waals surface area contributed by atoms with Crippen LogP contribution in [0.1, 0.15) is 24.5 Å². The second kappa shape index (κ2) is 7.20. The summed E-state index contributed by atoms with van der Waals surface area (Å²) in [5.41, 5.74) is -1.90. The minimum absolute atomic E-state index is 0.0317. The zero-order valence-corrected chi connectivity index (χ0v) is 11.9. The lowest BCUT2D eigenvalue weighted by Crippen LogP contribution is -2.38. The van der Waals surface area contributed by atoms with Gasteiger partial charge in [0.2, 0.25) is 0 Å². The summed E-state index contributed by atoms with van der Waals surface area (Å²) in [6.45, 7) is 2.15. The summed E-state index contributed by atoms with van der Waals surface area (Å²) in [5.74, 6) is -0.937. The molecule has 0 aromatic heterocycles. The van der Waals surface area contributed by atoms with Crippen molar-refractivity contribution in [3.8, 4) is 0 Å². The molecule has 21 heavy (non-hydrogen) atoms. The Hall–Kier alpha value is -1.18. The van der Waals surface area contributed by atoms with E-state index >= 15 is 0 Å². The predicted octanol–water partition coefficient (Wildman–Crippen LogP) is 2.72. The molecule has 0 fully saturated rings. The minimum atomic E-state index is -4.58. The van der Waals surface area contributed by atoms with Gasteiger partial charge in [-0.3, -0.25) is 0 Å². The molecule has 7 heteroatoms. The van der Waals surface area contributed by atoms with Crippen molar-refractivity contribution in [3.63, 3.8) is 0 Å². The Balaban J connectivity index is 2.62. The molecule has 0 aliphatic carbocycles. The summed E-state index contributed by atoms with van der Waals surface area (Å²) < 4.78 is 55.7. The van der Waals surface area contributed by atoms with Crippen molar-refractivity contribution in [3.05, 3.63) is 35.1 Å².